The summed E-state index contributed by atoms with van der Waals surface area (Å²) in [5.41, 5.74) is 1.67. The minimum Gasteiger partial charge on any atom is -0.329 e. The van der Waals surface area contributed by atoms with Gasteiger partial charge in [0.1, 0.15) is 10.7 Å². The Morgan fingerprint density at radius 3 is 3.15 bits per heavy atom. The van der Waals surface area contributed by atoms with Crippen LogP contribution in [0.5, 0.6) is 0 Å². The number of nitrogens with zero attached hydrogens (tertiary/aromatic N) is 5. The number of aryl methyl sites for hydroxylation is 1. The Hall–Kier alpha value is -2.39. The number of anilines is 2. The van der Waals surface area contributed by atoms with Crippen molar-refractivity contribution in [3.8, 4) is 0 Å². The van der Waals surface area contributed by atoms with E-state index in [1.807, 2.05) is 35.4 Å². The van der Waals surface area contributed by atoms with Gasteiger partial charge in [-0.2, -0.15) is 0 Å². The van der Waals surface area contributed by atoms with Crippen LogP contribution in [0, 0.1) is 0 Å². The summed E-state index contributed by atoms with van der Waals surface area (Å²) in [6.45, 7) is 2.72. The highest BCUT2D eigenvalue weighted by molar-refractivity contribution is 7.13. The first-order valence-corrected chi connectivity index (χ1v) is 10.2. The molecule has 1 unspecified atom stereocenters. The molecule has 0 aromatic carbocycles. The fraction of sp³-hybridized carbons (Fsp3) is 0.353. The van der Waals surface area contributed by atoms with Crippen LogP contribution in [0.1, 0.15) is 46.9 Å². The second kappa shape index (κ2) is 7.46. The van der Waals surface area contributed by atoms with Gasteiger partial charge in [0.05, 0.1) is 17.4 Å². The third-order valence-electron chi connectivity index (χ3n) is 4.38. The molecule has 0 bridgehead atoms. The molecule has 3 aromatic rings. The van der Waals surface area contributed by atoms with Crippen LogP contribution >= 0.6 is 22.9 Å². The summed E-state index contributed by atoms with van der Waals surface area (Å²) in [5.74, 6) is 0.755. The van der Waals surface area contributed by atoms with Gasteiger partial charge in [-0.3, -0.25) is 4.79 Å². The van der Waals surface area contributed by atoms with Crippen LogP contribution in [-0.4, -0.2) is 36.9 Å². The number of nitrogens with one attached hydrogen (secondary N) is 1. The highest BCUT2D eigenvalue weighted by Crippen LogP contribution is 2.33. The van der Waals surface area contributed by atoms with E-state index in [1.54, 1.807) is 6.20 Å². The number of hydrogen-bond acceptors (Lipinski definition) is 8. The highest BCUT2D eigenvalue weighted by atomic mass is 32.1. The summed E-state index contributed by atoms with van der Waals surface area (Å²) in [6.07, 6.45) is 4.34. The van der Waals surface area contributed by atoms with Crippen molar-refractivity contribution in [2.24, 2.45) is 0 Å². The molecule has 1 amide bonds. The van der Waals surface area contributed by atoms with Crippen molar-refractivity contribution in [2.75, 3.05) is 11.9 Å². The zero-order valence-corrected chi connectivity index (χ0v) is 15.9. The fourth-order valence-electron chi connectivity index (χ4n) is 3.15. The number of carbonyl (C=O) groups is 1. The monoisotopic (exact) mass is 386 g/mol. The van der Waals surface area contributed by atoms with Gasteiger partial charge < -0.3 is 10.2 Å². The number of likely N-dealkylation sites (tertiary alicyclic amines) is 1. The molecule has 1 aliphatic heterocycles. The molecule has 1 fully saturated rings. The van der Waals surface area contributed by atoms with Gasteiger partial charge in [0.25, 0.3) is 5.91 Å². The molecule has 134 valence electrons. The van der Waals surface area contributed by atoms with Crippen molar-refractivity contribution >= 4 is 39.7 Å². The lowest BCUT2D eigenvalue weighted by molar-refractivity contribution is 0.0736. The van der Waals surface area contributed by atoms with E-state index in [-0.39, 0.29) is 11.9 Å². The van der Waals surface area contributed by atoms with Gasteiger partial charge in [0.2, 0.25) is 0 Å². The van der Waals surface area contributed by atoms with E-state index < -0.39 is 0 Å². The summed E-state index contributed by atoms with van der Waals surface area (Å²) in [4.78, 5) is 24.5. The maximum absolute atomic E-state index is 13.0. The summed E-state index contributed by atoms with van der Waals surface area (Å²) in [7, 11) is 0. The Morgan fingerprint density at radius 2 is 2.35 bits per heavy atom. The molecule has 26 heavy (non-hydrogen) atoms. The minimum atomic E-state index is -0.0210. The fourth-order valence-corrected chi connectivity index (χ4v) is 4.39. The third kappa shape index (κ3) is 3.32. The molecular formula is C17H18N6OS2. The Morgan fingerprint density at radius 1 is 1.42 bits per heavy atom. The number of amides is 1. The van der Waals surface area contributed by atoms with Gasteiger partial charge in [0.15, 0.2) is 5.13 Å². The normalized spacial score (nSPS) is 16.8. The van der Waals surface area contributed by atoms with Crippen LogP contribution in [0.2, 0.25) is 0 Å². The van der Waals surface area contributed by atoms with Crippen molar-refractivity contribution in [2.45, 2.75) is 32.2 Å². The van der Waals surface area contributed by atoms with Gasteiger partial charge in [-0.15, -0.1) is 16.4 Å². The molecule has 9 heteroatoms. The molecule has 0 aliphatic carbocycles. The topological polar surface area (TPSA) is 83.9 Å². The zero-order valence-electron chi connectivity index (χ0n) is 14.3. The van der Waals surface area contributed by atoms with Crippen molar-refractivity contribution in [3.63, 3.8) is 0 Å². The van der Waals surface area contributed by atoms with Crippen molar-refractivity contribution in [3.05, 3.63) is 46.0 Å². The summed E-state index contributed by atoms with van der Waals surface area (Å²) in [6, 6.07) is 5.83. The first-order valence-electron chi connectivity index (χ1n) is 8.52. The van der Waals surface area contributed by atoms with E-state index in [0.29, 0.717) is 11.3 Å². The number of pyridine rings is 1. The number of aromatic nitrogens is 4. The summed E-state index contributed by atoms with van der Waals surface area (Å²) >= 11 is 2.70. The lowest BCUT2D eigenvalue weighted by Crippen LogP contribution is -2.31. The molecule has 0 spiro atoms. The van der Waals surface area contributed by atoms with Crippen LogP contribution in [0.4, 0.5) is 10.9 Å². The Labute approximate surface area is 159 Å². The first kappa shape index (κ1) is 17.0. The predicted octanol–water partition coefficient (Wildman–Crippen LogP) is 3.67. The molecule has 3 aromatic heterocycles. The molecule has 7 nitrogen and oxygen atoms in total. The quantitative estimate of drug-likeness (QED) is 0.720. The number of thiazole rings is 1. The molecule has 0 radical (unpaired) electrons. The Balaban J connectivity index is 1.57. The second-order valence-electron chi connectivity index (χ2n) is 5.97. The molecule has 1 atom stereocenters. The van der Waals surface area contributed by atoms with Crippen LogP contribution < -0.4 is 5.32 Å². The smallest absolute Gasteiger partial charge is 0.268 e. The van der Waals surface area contributed by atoms with E-state index in [2.05, 4.69) is 19.9 Å². The maximum Gasteiger partial charge on any atom is 0.268 e. The standard InChI is InChI=1S/C17H18N6OS2/c1-2-11-15(26-22-21-11)16(24)23-9-4-6-13(23)12-5-3-7-14(19-12)20-17-18-8-10-25-17/h3,5,7-8,10,13H,2,4,6,9H2,1H3,(H,18,19,20). The zero-order chi connectivity index (χ0) is 17.9. The Bertz CT molecular complexity index is 894. The van der Waals surface area contributed by atoms with Crippen molar-refractivity contribution < 1.29 is 4.79 Å². The molecule has 0 saturated carbocycles. The van der Waals surface area contributed by atoms with Crippen molar-refractivity contribution in [1.29, 1.82) is 0 Å². The highest BCUT2D eigenvalue weighted by Gasteiger charge is 2.33. The van der Waals surface area contributed by atoms with E-state index in [9.17, 15) is 4.79 Å². The average molecular weight is 387 g/mol. The third-order valence-corrected chi connectivity index (χ3v) is 5.82. The van der Waals surface area contributed by atoms with Gasteiger partial charge in [0, 0.05) is 18.1 Å². The van der Waals surface area contributed by atoms with Gasteiger partial charge in [-0.1, -0.05) is 17.5 Å². The Kier molecular flexibility index (Phi) is 4.89. The maximum atomic E-state index is 13.0. The van der Waals surface area contributed by atoms with E-state index in [4.69, 9.17) is 4.98 Å². The summed E-state index contributed by atoms with van der Waals surface area (Å²) in [5, 5.41) is 10.0. The average Bonchev–Trinajstić information content (AvgIpc) is 3.41. The second-order valence-corrected chi connectivity index (χ2v) is 7.62. The number of carbonyl (C=O) groups excluding carboxylic acids is 1. The largest absolute Gasteiger partial charge is 0.329 e. The van der Waals surface area contributed by atoms with Crippen LogP contribution in [0.3, 0.4) is 0 Å². The predicted molar refractivity (Wildman–Crippen MR) is 102 cm³/mol. The van der Waals surface area contributed by atoms with Gasteiger partial charge >= 0.3 is 0 Å². The molecule has 1 aliphatic rings. The first-order chi connectivity index (χ1) is 12.8. The molecule has 4 heterocycles. The van der Waals surface area contributed by atoms with E-state index in [0.717, 1.165) is 41.7 Å². The van der Waals surface area contributed by atoms with Gasteiger partial charge in [-0.05, 0) is 42.9 Å². The van der Waals surface area contributed by atoms with E-state index in [1.165, 1.54) is 22.9 Å². The van der Waals surface area contributed by atoms with Crippen LogP contribution in [0.15, 0.2) is 29.8 Å². The van der Waals surface area contributed by atoms with Crippen LogP contribution in [0.25, 0.3) is 0 Å². The molecular weight excluding hydrogens is 368 g/mol. The SMILES string of the molecule is CCc1nnsc1C(=O)N1CCCC1c1cccc(Nc2nccs2)n1. The minimum absolute atomic E-state index is 0.0134. The molecule has 4 rings (SSSR count). The number of hydrogen-bond donors (Lipinski definition) is 1. The van der Waals surface area contributed by atoms with Crippen LogP contribution in [-0.2, 0) is 6.42 Å². The summed E-state index contributed by atoms with van der Waals surface area (Å²) < 4.78 is 3.95. The molecule has 1 N–H and O–H groups in total. The van der Waals surface area contributed by atoms with Gasteiger partial charge in [-0.25, -0.2) is 9.97 Å². The number of rotatable bonds is 5. The lowest BCUT2D eigenvalue weighted by Gasteiger charge is -2.24. The van der Waals surface area contributed by atoms with Crippen molar-refractivity contribution in [1.82, 2.24) is 24.5 Å². The molecule has 1 saturated heterocycles. The lowest BCUT2D eigenvalue weighted by atomic mass is 10.1. The van der Waals surface area contributed by atoms with E-state index >= 15 is 0 Å².